The Kier molecular flexibility index (Phi) is 4.00. The third-order valence-electron chi connectivity index (χ3n) is 3.15. The normalized spacial score (nSPS) is 26.9. The Bertz CT molecular complexity index is 370. The van der Waals surface area contributed by atoms with Crippen molar-refractivity contribution < 1.29 is 5.11 Å². The molecule has 17 heavy (non-hydrogen) atoms. The number of aliphatic hydroxyl groups excluding tert-OH is 1. The fourth-order valence-corrected chi connectivity index (χ4v) is 3.83. The lowest BCUT2D eigenvalue weighted by molar-refractivity contribution is 0.199. The van der Waals surface area contributed by atoms with Gasteiger partial charge >= 0.3 is 0 Å². The first-order chi connectivity index (χ1) is 8.08. The topological polar surface area (TPSA) is 23.5 Å². The average Bonchev–Trinajstić information content (AvgIpc) is 2.27. The van der Waals surface area contributed by atoms with Crippen LogP contribution in [-0.4, -0.2) is 28.7 Å². The van der Waals surface area contributed by atoms with Gasteiger partial charge in [0, 0.05) is 34.8 Å². The summed E-state index contributed by atoms with van der Waals surface area (Å²) < 4.78 is 0. The van der Waals surface area contributed by atoms with Gasteiger partial charge in [0.15, 0.2) is 0 Å². The molecule has 3 unspecified atom stereocenters. The zero-order chi connectivity index (χ0) is 12.4. The highest BCUT2D eigenvalue weighted by atomic mass is 32.2. The van der Waals surface area contributed by atoms with Gasteiger partial charge in [-0.1, -0.05) is 32.0 Å². The van der Waals surface area contributed by atoms with Crippen LogP contribution in [-0.2, 0) is 0 Å². The molecule has 1 aliphatic heterocycles. The summed E-state index contributed by atoms with van der Waals surface area (Å²) in [5.74, 6) is 0. The molecule has 2 nitrogen and oxygen atoms in total. The third-order valence-corrected chi connectivity index (χ3v) is 4.37. The van der Waals surface area contributed by atoms with Crippen LogP contribution in [0.1, 0.15) is 32.4 Å². The van der Waals surface area contributed by atoms with Crippen molar-refractivity contribution in [1.82, 2.24) is 0 Å². The highest BCUT2D eigenvalue weighted by Crippen LogP contribution is 2.32. The average molecular weight is 251 g/mol. The minimum absolute atomic E-state index is 0.397. The second kappa shape index (κ2) is 5.32. The summed E-state index contributed by atoms with van der Waals surface area (Å²) in [6.07, 6.45) is -0.397. The molecule has 3 heteroatoms. The number of hydrogen-bond acceptors (Lipinski definition) is 3. The lowest BCUT2D eigenvalue weighted by atomic mass is 10.1. The molecule has 0 amide bonds. The van der Waals surface area contributed by atoms with Crippen LogP contribution in [0.3, 0.4) is 0 Å². The van der Waals surface area contributed by atoms with Crippen LogP contribution >= 0.6 is 11.8 Å². The van der Waals surface area contributed by atoms with E-state index in [0.29, 0.717) is 10.5 Å². The molecule has 2 rings (SSSR count). The largest absolute Gasteiger partial charge is 0.389 e. The maximum Gasteiger partial charge on any atom is 0.0781 e. The quantitative estimate of drug-likeness (QED) is 0.874. The van der Waals surface area contributed by atoms with Crippen molar-refractivity contribution in [2.45, 2.75) is 37.4 Å². The molecule has 0 spiro atoms. The Morgan fingerprint density at radius 3 is 2.41 bits per heavy atom. The number of para-hydroxylation sites is 1. The first-order valence-corrected chi connectivity index (χ1v) is 7.19. The van der Waals surface area contributed by atoms with Gasteiger partial charge in [-0.05, 0) is 13.0 Å². The summed E-state index contributed by atoms with van der Waals surface area (Å²) in [6.45, 7) is 8.53. The second-order valence-corrected chi connectivity index (χ2v) is 6.78. The molecule has 0 saturated carbocycles. The molecule has 1 saturated heterocycles. The SMILES string of the molecule is CC1CN(c2ccccc2C(C)O)CC(C)S1. The van der Waals surface area contributed by atoms with E-state index in [1.165, 1.54) is 5.69 Å². The summed E-state index contributed by atoms with van der Waals surface area (Å²) in [6, 6.07) is 8.20. The van der Waals surface area contributed by atoms with Crippen LogP contribution in [0.4, 0.5) is 5.69 Å². The van der Waals surface area contributed by atoms with Crippen LogP contribution in [0, 0.1) is 0 Å². The van der Waals surface area contributed by atoms with Gasteiger partial charge < -0.3 is 10.0 Å². The molecule has 0 aliphatic carbocycles. The monoisotopic (exact) mass is 251 g/mol. The van der Waals surface area contributed by atoms with Crippen LogP contribution in [0.5, 0.6) is 0 Å². The van der Waals surface area contributed by atoms with Crippen molar-refractivity contribution in [3.8, 4) is 0 Å². The molecule has 1 fully saturated rings. The van der Waals surface area contributed by atoms with Gasteiger partial charge in [0.1, 0.15) is 0 Å². The van der Waals surface area contributed by atoms with Crippen LogP contribution in [0.2, 0.25) is 0 Å². The van der Waals surface area contributed by atoms with Gasteiger partial charge in [0.25, 0.3) is 0 Å². The smallest absolute Gasteiger partial charge is 0.0781 e. The molecule has 1 heterocycles. The van der Waals surface area contributed by atoms with Gasteiger partial charge in [-0.15, -0.1) is 0 Å². The van der Waals surface area contributed by atoms with Gasteiger partial charge in [-0.2, -0.15) is 11.8 Å². The molecule has 0 radical (unpaired) electrons. The lowest BCUT2D eigenvalue weighted by Gasteiger charge is -2.37. The molecule has 0 aromatic heterocycles. The molecule has 94 valence electrons. The Hall–Kier alpha value is -0.670. The molecule has 1 aromatic rings. The number of thioether (sulfide) groups is 1. The van der Waals surface area contributed by atoms with Crippen LogP contribution in [0.25, 0.3) is 0 Å². The molecular formula is C14H21NOS. The van der Waals surface area contributed by atoms with E-state index in [4.69, 9.17) is 0 Å². The fourth-order valence-electron chi connectivity index (χ4n) is 2.50. The number of rotatable bonds is 2. The maximum atomic E-state index is 9.84. The molecule has 3 atom stereocenters. The Balaban J connectivity index is 2.27. The minimum atomic E-state index is -0.397. The standard InChI is InChI=1S/C14H21NOS/c1-10-8-15(9-11(2)17-10)14-7-5-4-6-13(14)12(3)16/h4-7,10-12,16H,8-9H2,1-3H3. The summed E-state index contributed by atoms with van der Waals surface area (Å²) in [4.78, 5) is 2.41. The van der Waals surface area contributed by atoms with Crippen LogP contribution < -0.4 is 4.90 Å². The van der Waals surface area contributed by atoms with Crippen LogP contribution in [0.15, 0.2) is 24.3 Å². The summed E-state index contributed by atoms with van der Waals surface area (Å²) in [5.41, 5.74) is 2.24. The van der Waals surface area contributed by atoms with Gasteiger partial charge in [0.05, 0.1) is 6.10 Å². The molecular weight excluding hydrogens is 230 g/mol. The van der Waals surface area contributed by atoms with E-state index in [1.807, 2.05) is 30.8 Å². The van der Waals surface area contributed by atoms with Crippen molar-refractivity contribution >= 4 is 17.4 Å². The Labute approximate surface area is 108 Å². The van der Waals surface area contributed by atoms with Crippen molar-refractivity contribution in [1.29, 1.82) is 0 Å². The first-order valence-electron chi connectivity index (χ1n) is 6.25. The number of nitrogens with zero attached hydrogens (tertiary/aromatic N) is 1. The minimum Gasteiger partial charge on any atom is -0.389 e. The molecule has 1 N–H and O–H groups in total. The van der Waals surface area contributed by atoms with Crippen molar-refractivity contribution in [2.75, 3.05) is 18.0 Å². The fraction of sp³-hybridized carbons (Fsp3) is 0.571. The zero-order valence-electron chi connectivity index (χ0n) is 10.8. The predicted molar refractivity (Wildman–Crippen MR) is 75.8 cm³/mol. The number of hydrogen-bond donors (Lipinski definition) is 1. The Morgan fingerprint density at radius 1 is 1.24 bits per heavy atom. The number of benzene rings is 1. The summed E-state index contributed by atoms with van der Waals surface area (Å²) in [5, 5.41) is 11.1. The van der Waals surface area contributed by atoms with Crippen molar-refractivity contribution in [2.24, 2.45) is 0 Å². The highest BCUT2D eigenvalue weighted by Gasteiger charge is 2.24. The van der Waals surface area contributed by atoms with E-state index in [0.717, 1.165) is 18.7 Å². The van der Waals surface area contributed by atoms with E-state index >= 15 is 0 Å². The van der Waals surface area contributed by atoms with Gasteiger partial charge in [-0.25, -0.2) is 0 Å². The molecule has 0 bridgehead atoms. The predicted octanol–water partition coefficient (Wildman–Crippen LogP) is 3.07. The number of anilines is 1. The van der Waals surface area contributed by atoms with Crippen molar-refractivity contribution in [3.63, 3.8) is 0 Å². The third kappa shape index (κ3) is 2.96. The summed E-state index contributed by atoms with van der Waals surface area (Å²) >= 11 is 2.05. The van der Waals surface area contributed by atoms with Crippen molar-refractivity contribution in [3.05, 3.63) is 29.8 Å². The van der Waals surface area contributed by atoms with E-state index in [1.54, 1.807) is 0 Å². The van der Waals surface area contributed by atoms with Gasteiger partial charge in [0.2, 0.25) is 0 Å². The summed E-state index contributed by atoms with van der Waals surface area (Å²) in [7, 11) is 0. The highest BCUT2D eigenvalue weighted by molar-refractivity contribution is 8.00. The zero-order valence-corrected chi connectivity index (χ0v) is 11.6. The van der Waals surface area contributed by atoms with E-state index in [2.05, 4.69) is 30.9 Å². The maximum absolute atomic E-state index is 9.84. The second-order valence-electron chi connectivity index (χ2n) is 4.90. The molecule has 1 aromatic carbocycles. The van der Waals surface area contributed by atoms with E-state index < -0.39 is 6.10 Å². The van der Waals surface area contributed by atoms with E-state index in [9.17, 15) is 5.11 Å². The van der Waals surface area contributed by atoms with E-state index in [-0.39, 0.29) is 0 Å². The molecule has 1 aliphatic rings. The first kappa shape index (κ1) is 12.8. The van der Waals surface area contributed by atoms with Gasteiger partial charge in [-0.3, -0.25) is 0 Å². The lowest BCUT2D eigenvalue weighted by Crippen LogP contribution is -2.40. The number of aliphatic hydroxyl groups is 1. The Morgan fingerprint density at radius 2 is 1.82 bits per heavy atom.